The van der Waals surface area contributed by atoms with Crippen LogP contribution < -0.4 is 23.8 Å². The molecule has 4 rings (SSSR count). The summed E-state index contributed by atoms with van der Waals surface area (Å²) in [5.41, 5.74) is 1.41. The van der Waals surface area contributed by atoms with Crippen LogP contribution in [0.25, 0.3) is 5.76 Å². The highest BCUT2D eigenvalue weighted by molar-refractivity contribution is 6.51. The molecule has 1 fully saturated rings. The van der Waals surface area contributed by atoms with Gasteiger partial charge in [-0.25, -0.2) is 4.39 Å². The van der Waals surface area contributed by atoms with Gasteiger partial charge in [-0.05, 0) is 73.5 Å². The summed E-state index contributed by atoms with van der Waals surface area (Å²) < 4.78 is 36.2. The fourth-order valence-corrected chi connectivity index (χ4v) is 4.57. The van der Waals surface area contributed by atoms with Crippen LogP contribution in [0.3, 0.4) is 0 Å². The molecule has 0 aliphatic carbocycles. The highest BCUT2D eigenvalue weighted by Crippen LogP contribution is 2.47. The molecule has 1 aliphatic rings. The first-order chi connectivity index (χ1) is 18.2. The third kappa shape index (κ3) is 4.63. The highest BCUT2D eigenvalue weighted by Gasteiger charge is 2.47. The zero-order valence-electron chi connectivity index (χ0n) is 21.7. The number of amides is 1. The van der Waals surface area contributed by atoms with E-state index in [9.17, 15) is 19.1 Å². The van der Waals surface area contributed by atoms with Gasteiger partial charge in [0.1, 0.15) is 17.3 Å². The fourth-order valence-electron chi connectivity index (χ4n) is 4.57. The van der Waals surface area contributed by atoms with Crippen molar-refractivity contribution in [3.63, 3.8) is 0 Å². The molecule has 1 N–H and O–H groups in total. The van der Waals surface area contributed by atoms with E-state index in [4.69, 9.17) is 18.9 Å². The number of anilines is 1. The number of carbonyl (C=O) groups excluding carboxylic acids is 2. The Kier molecular flexibility index (Phi) is 7.57. The second-order valence-corrected chi connectivity index (χ2v) is 8.52. The third-order valence-electron chi connectivity index (χ3n) is 6.28. The molecular weight excluding hydrogens is 493 g/mol. The van der Waals surface area contributed by atoms with E-state index in [0.29, 0.717) is 29.2 Å². The lowest BCUT2D eigenvalue weighted by molar-refractivity contribution is -0.132. The lowest BCUT2D eigenvalue weighted by Crippen LogP contribution is -2.29. The van der Waals surface area contributed by atoms with E-state index in [0.717, 1.165) is 16.5 Å². The first-order valence-electron chi connectivity index (χ1n) is 11.9. The molecule has 1 saturated heterocycles. The Labute approximate surface area is 219 Å². The molecule has 1 amide bonds. The number of aryl methyl sites for hydroxylation is 1. The van der Waals surface area contributed by atoms with Crippen LogP contribution >= 0.6 is 0 Å². The average molecular weight is 522 g/mol. The monoisotopic (exact) mass is 521 g/mol. The van der Waals surface area contributed by atoms with Crippen LogP contribution in [0.4, 0.5) is 10.1 Å². The number of hydrogen-bond acceptors (Lipinski definition) is 7. The Hall–Kier alpha value is -4.53. The predicted octanol–water partition coefficient (Wildman–Crippen LogP) is 5.18. The molecule has 3 aromatic carbocycles. The molecular formula is C29H28FNO7. The standard InChI is InChI=1S/C29H28FNO7/c1-6-38-21-11-10-17(12-16(21)2)26(32)24-25(18-13-22(35-3)28(37-5)23(14-18)36-4)31(29(34)27(24)33)20-9-7-8-19(30)15-20/h7-15,25,32H,6H2,1-5H3/b26-24+. The molecule has 0 radical (unpaired) electrons. The number of hydrogen-bond donors (Lipinski definition) is 1. The van der Waals surface area contributed by atoms with E-state index in [1.807, 2.05) is 13.8 Å². The Morgan fingerprint density at radius 1 is 0.947 bits per heavy atom. The van der Waals surface area contributed by atoms with Crippen molar-refractivity contribution >= 4 is 23.1 Å². The van der Waals surface area contributed by atoms with E-state index in [1.54, 1.807) is 30.3 Å². The van der Waals surface area contributed by atoms with Crippen molar-refractivity contribution in [2.24, 2.45) is 0 Å². The number of nitrogens with zero attached hydrogens (tertiary/aromatic N) is 1. The van der Waals surface area contributed by atoms with E-state index in [-0.39, 0.29) is 28.5 Å². The molecule has 8 nitrogen and oxygen atoms in total. The lowest BCUT2D eigenvalue weighted by atomic mass is 9.94. The fraction of sp³-hybridized carbons (Fsp3) is 0.241. The number of halogens is 1. The Morgan fingerprint density at radius 3 is 2.18 bits per heavy atom. The van der Waals surface area contributed by atoms with Gasteiger partial charge in [-0.3, -0.25) is 14.5 Å². The van der Waals surface area contributed by atoms with Gasteiger partial charge < -0.3 is 24.1 Å². The normalized spacial score (nSPS) is 16.5. The predicted molar refractivity (Wildman–Crippen MR) is 140 cm³/mol. The van der Waals surface area contributed by atoms with Gasteiger partial charge in [-0.2, -0.15) is 0 Å². The van der Waals surface area contributed by atoms with Gasteiger partial charge in [-0.15, -0.1) is 0 Å². The van der Waals surface area contributed by atoms with Crippen molar-refractivity contribution in [1.82, 2.24) is 0 Å². The van der Waals surface area contributed by atoms with Crippen LogP contribution in [0, 0.1) is 12.7 Å². The lowest BCUT2D eigenvalue weighted by Gasteiger charge is -2.26. The van der Waals surface area contributed by atoms with Crippen molar-refractivity contribution < 1.29 is 38.0 Å². The van der Waals surface area contributed by atoms with Crippen molar-refractivity contribution in [2.45, 2.75) is 19.9 Å². The molecule has 198 valence electrons. The van der Waals surface area contributed by atoms with Crippen LogP contribution in [0.15, 0.2) is 60.2 Å². The summed E-state index contributed by atoms with van der Waals surface area (Å²) in [6.07, 6.45) is 0. The number of Topliss-reactive ketones (excluding diaryl/α,β-unsaturated/α-hetero) is 1. The first-order valence-corrected chi connectivity index (χ1v) is 11.9. The third-order valence-corrected chi connectivity index (χ3v) is 6.28. The number of carbonyl (C=O) groups is 2. The number of aliphatic hydroxyl groups is 1. The SMILES string of the molecule is CCOc1ccc(/C(O)=C2\C(=O)C(=O)N(c3cccc(F)c3)C2c2cc(OC)c(OC)c(OC)c2)cc1C. The van der Waals surface area contributed by atoms with Gasteiger partial charge in [0.05, 0.1) is 39.6 Å². The van der Waals surface area contributed by atoms with Crippen LogP contribution in [0.1, 0.15) is 29.7 Å². The van der Waals surface area contributed by atoms with Crippen molar-refractivity contribution in [1.29, 1.82) is 0 Å². The molecule has 1 unspecified atom stereocenters. The number of aliphatic hydroxyl groups excluding tert-OH is 1. The minimum absolute atomic E-state index is 0.146. The summed E-state index contributed by atoms with van der Waals surface area (Å²) in [7, 11) is 4.33. The number of benzene rings is 3. The van der Waals surface area contributed by atoms with E-state index in [1.165, 1.54) is 39.5 Å². The topological polar surface area (TPSA) is 94.5 Å². The van der Waals surface area contributed by atoms with Gasteiger partial charge in [0.25, 0.3) is 11.7 Å². The van der Waals surface area contributed by atoms with Gasteiger partial charge >= 0.3 is 0 Å². The van der Waals surface area contributed by atoms with Crippen molar-refractivity contribution in [2.75, 3.05) is 32.8 Å². The Bertz CT molecular complexity index is 1410. The number of ketones is 1. The summed E-state index contributed by atoms with van der Waals surface area (Å²) in [6.45, 7) is 4.13. The minimum atomic E-state index is -1.13. The van der Waals surface area contributed by atoms with Gasteiger partial charge in [0.15, 0.2) is 11.5 Å². The van der Waals surface area contributed by atoms with E-state index in [2.05, 4.69) is 0 Å². The molecule has 3 aromatic rings. The number of methoxy groups -OCH3 is 3. The van der Waals surface area contributed by atoms with Crippen molar-refractivity contribution in [3.05, 3.63) is 82.7 Å². The van der Waals surface area contributed by atoms with Crippen LogP contribution in [-0.2, 0) is 9.59 Å². The summed E-state index contributed by atoms with van der Waals surface area (Å²) in [4.78, 5) is 28.0. The van der Waals surface area contributed by atoms with Crippen LogP contribution in [0.5, 0.6) is 23.0 Å². The van der Waals surface area contributed by atoms with Gasteiger partial charge in [0.2, 0.25) is 5.75 Å². The Morgan fingerprint density at radius 2 is 1.63 bits per heavy atom. The van der Waals surface area contributed by atoms with E-state index >= 15 is 0 Å². The number of ether oxygens (including phenoxy) is 4. The molecule has 0 spiro atoms. The quantitative estimate of drug-likeness (QED) is 0.248. The molecule has 0 saturated carbocycles. The smallest absolute Gasteiger partial charge is 0.300 e. The molecule has 1 atom stereocenters. The van der Waals surface area contributed by atoms with Gasteiger partial charge in [0, 0.05) is 11.3 Å². The maximum absolute atomic E-state index is 14.2. The molecule has 1 aliphatic heterocycles. The molecule has 1 heterocycles. The largest absolute Gasteiger partial charge is 0.507 e. The zero-order valence-corrected chi connectivity index (χ0v) is 21.7. The molecule has 38 heavy (non-hydrogen) atoms. The summed E-state index contributed by atoms with van der Waals surface area (Å²) in [5.74, 6) is -1.31. The average Bonchev–Trinajstić information content (AvgIpc) is 3.18. The summed E-state index contributed by atoms with van der Waals surface area (Å²) >= 11 is 0. The number of rotatable bonds is 8. The zero-order chi connectivity index (χ0) is 27.6. The van der Waals surface area contributed by atoms with Crippen LogP contribution in [-0.4, -0.2) is 44.7 Å². The highest BCUT2D eigenvalue weighted by atomic mass is 19.1. The Balaban J connectivity index is 2.00. The molecule has 9 heteroatoms. The second-order valence-electron chi connectivity index (χ2n) is 8.52. The maximum Gasteiger partial charge on any atom is 0.300 e. The summed E-state index contributed by atoms with van der Waals surface area (Å²) in [6, 6.07) is 12.3. The van der Waals surface area contributed by atoms with Crippen molar-refractivity contribution in [3.8, 4) is 23.0 Å². The summed E-state index contributed by atoms with van der Waals surface area (Å²) in [5, 5.41) is 11.4. The maximum atomic E-state index is 14.2. The van der Waals surface area contributed by atoms with Crippen LogP contribution in [0.2, 0.25) is 0 Å². The van der Waals surface area contributed by atoms with Gasteiger partial charge in [-0.1, -0.05) is 6.07 Å². The van der Waals surface area contributed by atoms with E-state index < -0.39 is 23.5 Å². The minimum Gasteiger partial charge on any atom is -0.507 e. The second kappa shape index (κ2) is 10.8. The molecule has 0 aromatic heterocycles. The first kappa shape index (κ1) is 26.5. The molecule has 0 bridgehead atoms.